The lowest BCUT2D eigenvalue weighted by Crippen LogP contribution is -2.22. The van der Waals surface area contributed by atoms with Gasteiger partial charge in [-0.2, -0.15) is 0 Å². The minimum absolute atomic E-state index is 0.145. The minimum Gasteiger partial charge on any atom is -0.344 e. The van der Waals surface area contributed by atoms with E-state index in [1.54, 1.807) is 0 Å². The van der Waals surface area contributed by atoms with Gasteiger partial charge < -0.3 is 9.47 Å². The van der Waals surface area contributed by atoms with E-state index in [2.05, 4.69) is 179 Å². The molecule has 5 heteroatoms. The Morgan fingerprint density at radius 1 is 0.632 bits per heavy atom. The predicted octanol–water partition coefficient (Wildman–Crippen LogP) is 12.2. The van der Waals surface area contributed by atoms with Crippen LogP contribution >= 0.6 is 0 Å². The lowest BCUT2D eigenvalue weighted by Gasteiger charge is -2.32. The Kier molecular flexibility index (Phi) is 9.11. The van der Waals surface area contributed by atoms with Crippen LogP contribution in [0.4, 0.5) is 5.69 Å². The summed E-state index contributed by atoms with van der Waals surface area (Å²) in [6.45, 7) is 0. The lowest BCUT2D eigenvalue weighted by molar-refractivity contribution is 0.687. The SMILES string of the molecule is CN(C1=CC(C2=CCC(C3=CC(c4ccccn4)CC(c4ccccn4)=N3)C=C2)CC(n2c3ccccc3c3ccccc32)=C1)c1ccccc1-c1ccccc1. The highest BCUT2D eigenvalue weighted by Gasteiger charge is 2.28. The van der Waals surface area contributed by atoms with Crippen LogP contribution in [0.3, 0.4) is 0 Å². The Morgan fingerprint density at radius 2 is 1.33 bits per heavy atom. The van der Waals surface area contributed by atoms with Gasteiger partial charge in [0.25, 0.3) is 0 Å². The molecule has 5 nitrogen and oxygen atoms in total. The summed E-state index contributed by atoms with van der Waals surface area (Å²) in [5.74, 6) is 0.489. The molecule has 0 fully saturated rings. The zero-order valence-corrected chi connectivity index (χ0v) is 32.0. The first-order valence-corrected chi connectivity index (χ1v) is 20.0. The molecule has 0 saturated carbocycles. The minimum atomic E-state index is 0.145. The number of hydrogen-bond acceptors (Lipinski definition) is 4. The maximum atomic E-state index is 5.27. The molecule has 3 aromatic heterocycles. The second-order valence-corrected chi connectivity index (χ2v) is 15.2. The lowest BCUT2D eigenvalue weighted by atomic mass is 9.82. The number of pyridine rings is 2. The monoisotopic (exact) mass is 737 g/mol. The third kappa shape index (κ3) is 6.65. The number of rotatable bonds is 8. The quantitative estimate of drug-likeness (QED) is 0.156. The highest BCUT2D eigenvalue weighted by atomic mass is 15.1. The highest BCUT2D eigenvalue weighted by molar-refractivity contribution is 6.10. The van der Waals surface area contributed by atoms with E-state index in [9.17, 15) is 0 Å². The molecule has 10 rings (SSSR count). The topological polar surface area (TPSA) is 46.3 Å². The summed E-state index contributed by atoms with van der Waals surface area (Å²) in [6.07, 6.45) is 20.7. The van der Waals surface area contributed by atoms with Gasteiger partial charge in [0.15, 0.2) is 0 Å². The van der Waals surface area contributed by atoms with Crippen LogP contribution in [0.15, 0.2) is 210 Å². The molecule has 3 atom stereocenters. The third-order valence-corrected chi connectivity index (χ3v) is 11.7. The first-order valence-electron chi connectivity index (χ1n) is 20.0. The molecular formula is C52H43N5. The van der Waals surface area contributed by atoms with E-state index in [1.807, 2.05) is 30.6 Å². The summed E-state index contributed by atoms with van der Waals surface area (Å²) in [5, 5.41) is 2.55. The van der Waals surface area contributed by atoms with E-state index < -0.39 is 0 Å². The number of fused-ring (bicyclic) bond motifs is 3. The standard InChI is InChI=1S/C52H43N5/c1-56(50-22-8-5-17-43(50)37-15-3-2-4-16-37)41-31-39(32-42(35-41)57-51-23-9-6-18-44(51)45-19-7-10-24-52(45)57)36-25-27-38(28-26-36)48-33-40(46-20-11-13-29-53-46)34-49(55-48)47-21-12-14-30-54-47/h2-27,29-31,33,35,38-40H,28,32,34H2,1H3. The van der Waals surface area contributed by atoms with Crippen molar-refractivity contribution in [1.82, 2.24) is 14.5 Å². The maximum Gasteiger partial charge on any atom is 0.0844 e. The Hall–Kier alpha value is -6.85. The smallest absolute Gasteiger partial charge is 0.0844 e. The molecule has 0 N–H and O–H groups in total. The highest BCUT2D eigenvalue weighted by Crippen LogP contribution is 2.42. The number of hydrogen-bond donors (Lipinski definition) is 0. The molecule has 276 valence electrons. The second-order valence-electron chi connectivity index (χ2n) is 15.2. The third-order valence-electron chi connectivity index (χ3n) is 11.7. The Bertz CT molecular complexity index is 2730. The van der Waals surface area contributed by atoms with E-state index in [-0.39, 0.29) is 17.8 Å². The van der Waals surface area contributed by atoms with Crippen LogP contribution in [0.5, 0.6) is 0 Å². The number of nitrogens with zero attached hydrogens (tertiary/aromatic N) is 5. The molecule has 3 unspecified atom stereocenters. The van der Waals surface area contributed by atoms with E-state index >= 15 is 0 Å². The van der Waals surface area contributed by atoms with Crippen molar-refractivity contribution in [2.75, 3.05) is 11.9 Å². The maximum absolute atomic E-state index is 5.27. The predicted molar refractivity (Wildman–Crippen MR) is 236 cm³/mol. The van der Waals surface area contributed by atoms with Crippen LogP contribution in [0, 0.1) is 11.8 Å². The van der Waals surface area contributed by atoms with E-state index in [0.29, 0.717) is 0 Å². The first kappa shape index (κ1) is 34.6. The van der Waals surface area contributed by atoms with Gasteiger partial charge in [0.05, 0.1) is 22.4 Å². The van der Waals surface area contributed by atoms with Gasteiger partial charge in [-0.25, -0.2) is 0 Å². The van der Waals surface area contributed by atoms with Gasteiger partial charge in [-0.3, -0.25) is 15.0 Å². The van der Waals surface area contributed by atoms with Crippen LogP contribution < -0.4 is 4.90 Å². The van der Waals surface area contributed by atoms with Crippen molar-refractivity contribution in [3.05, 3.63) is 217 Å². The van der Waals surface area contributed by atoms with E-state index in [1.165, 1.54) is 55.6 Å². The molecule has 4 aromatic carbocycles. The normalized spacial score (nSPS) is 19.4. The van der Waals surface area contributed by atoms with Crippen molar-refractivity contribution in [3.63, 3.8) is 0 Å². The zero-order valence-electron chi connectivity index (χ0n) is 32.0. The van der Waals surface area contributed by atoms with Crippen LogP contribution in [0.1, 0.15) is 36.6 Å². The molecule has 4 heterocycles. The van der Waals surface area contributed by atoms with Crippen LogP contribution in [-0.2, 0) is 0 Å². The van der Waals surface area contributed by atoms with Crippen molar-refractivity contribution in [2.24, 2.45) is 16.8 Å². The summed E-state index contributed by atoms with van der Waals surface area (Å²) < 4.78 is 2.50. The average Bonchev–Trinajstić information content (AvgIpc) is 3.64. The molecular weight excluding hydrogens is 695 g/mol. The summed E-state index contributed by atoms with van der Waals surface area (Å²) in [6, 6.07) is 49.3. The number of anilines is 1. The summed E-state index contributed by atoms with van der Waals surface area (Å²) >= 11 is 0. The average molecular weight is 738 g/mol. The molecule has 2 aliphatic carbocycles. The fourth-order valence-corrected chi connectivity index (χ4v) is 8.88. The van der Waals surface area contributed by atoms with E-state index in [0.717, 1.165) is 42.1 Å². The molecule has 0 saturated heterocycles. The molecule has 0 bridgehead atoms. The van der Waals surface area contributed by atoms with Crippen LogP contribution in [0.2, 0.25) is 0 Å². The number of aromatic nitrogens is 3. The molecule has 57 heavy (non-hydrogen) atoms. The van der Waals surface area contributed by atoms with Crippen molar-refractivity contribution in [1.29, 1.82) is 0 Å². The summed E-state index contributed by atoms with van der Waals surface area (Å²) in [4.78, 5) is 17.1. The van der Waals surface area contributed by atoms with Crippen molar-refractivity contribution < 1.29 is 0 Å². The first-order chi connectivity index (χ1) is 28.2. The van der Waals surface area contributed by atoms with Crippen molar-refractivity contribution in [3.8, 4) is 11.1 Å². The van der Waals surface area contributed by atoms with Gasteiger partial charge in [0.1, 0.15) is 0 Å². The van der Waals surface area contributed by atoms with Gasteiger partial charge in [0.2, 0.25) is 0 Å². The van der Waals surface area contributed by atoms with Gasteiger partial charge >= 0.3 is 0 Å². The molecule has 0 radical (unpaired) electrons. The number of para-hydroxylation sites is 3. The van der Waals surface area contributed by atoms with E-state index in [4.69, 9.17) is 9.98 Å². The Labute approximate surface area is 334 Å². The number of aliphatic imine (C=N–C) groups is 1. The number of allylic oxidation sites excluding steroid dienone is 8. The number of likely N-dealkylation sites (N-methyl/N-ethyl adjacent to an activating group) is 1. The van der Waals surface area contributed by atoms with Gasteiger partial charge in [-0.05, 0) is 72.5 Å². The Morgan fingerprint density at radius 3 is 2.05 bits per heavy atom. The van der Waals surface area contributed by atoms with Crippen molar-refractivity contribution >= 4 is 38.9 Å². The van der Waals surface area contributed by atoms with Crippen molar-refractivity contribution in [2.45, 2.75) is 25.2 Å². The molecule has 7 aromatic rings. The summed E-state index contributed by atoms with van der Waals surface area (Å²) in [5.41, 5.74) is 14.0. The van der Waals surface area contributed by atoms with Crippen LogP contribution in [0.25, 0.3) is 38.6 Å². The van der Waals surface area contributed by atoms with Gasteiger partial charge in [-0.1, -0.05) is 127 Å². The fourth-order valence-electron chi connectivity index (χ4n) is 8.88. The molecule has 0 spiro atoms. The zero-order chi connectivity index (χ0) is 38.1. The molecule has 1 aliphatic heterocycles. The number of benzene rings is 4. The fraction of sp³-hybridized carbons (Fsp3) is 0.135. The molecule has 3 aliphatic rings. The largest absolute Gasteiger partial charge is 0.344 e. The molecule has 0 amide bonds. The summed E-state index contributed by atoms with van der Waals surface area (Å²) in [7, 11) is 2.21. The van der Waals surface area contributed by atoms with Crippen LogP contribution in [-0.4, -0.2) is 27.3 Å². The second kappa shape index (κ2) is 15.0. The Balaban J connectivity index is 1.03. The van der Waals surface area contributed by atoms with Gasteiger partial charge in [-0.15, -0.1) is 0 Å². The van der Waals surface area contributed by atoms with Gasteiger partial charge in [0, 0.05) is 88.4 Å².